The summed E-state index contributed by atoms with van der Waals surface area (Å²) in [4.78, 5) is 11.7. The molecule has 2 aromatic rings. The topological polar surface area (TPSA) is 44.1 Å². The van der Waals surface area contributed by atoms with E-state index >= 15 is 0 Å². The van der Waals surface area contributed by atoms with Crippen molar-refractivity contribution in [1.29, 1.82) is 0 Å². The van der Waals surface area contributed by atoms with Gasteiger partial charge in [-0.15, -0.1) is 0 Å². The second kappa shape index (κ2) is 6.57. The predicted molar refractivity (Wildman–Crippen MR) is 82.5 cm³/mol. The van der Waals surface area contributed by atoms with Crippen molar-refractivity contribution in [1.82, 2.24) is 9.78 Å². The lowest BCUT2D eigenvalue weighted by molar-refractivity contribution is -0.147. The van der Waals surface area contributed by atoms with Gasteiger partial charge in [0.2, 0.25) is 0 Å². The fourth-order valence-corrected chi connectivity index (χ4v) is 2.29. The summed E-state index contributed by atoms with van der Waals surface area (Å²) in [5.41, 5.74) is 4.40. The van der Waals surface area contributed by atoms with Crippen LogP contribution in [-0.4, -0.2) is 22.4 Å². The molecule has 21 heavy (non-hydrogen) atoms. The first-order valence-corrected chi connectivity index (χ1v) is 7.30. The Morgan fingerprint density at radius 3 is 2.57 bits per heavy atom. The van der Waals surface area contributed by atoms with E-state index in [-0.39, 0.29) is 11.9 Å². The molecule has 112 valence electrons. The molecule has 1 heterocycles. The molecule has 0 N–H and O–H groups in total. The maximum atomic E-state index is 11.7. The molecule has 0 fully saturated rings. The zero-order valence-corrected chi connectivity index (χ0v) is 13.1. The van der Waals surface area contributed by atoms with E-state index in [2.05, 4.69) is 24.2 Å². The van der Waals surface area contributed by atoms with Crippen LogP contribution in [0.2, 0.25) is 0 Å². The Morgan fingerprint density at radius 2 is 1.95 bits per heavy atom. The van der Waals surface area contributed by atoms with E-state index < -0.39 is 0 Å². The van der Waals surface area contributed by atoms with Gasteiger partial charge in [-0.25, -0.2) is 4.68 Å². The van der Waals surface area contributed by atoms with Crippen LogP contribution in [0.25, 0.3) is 5.69 Å². The molecule has 0 spiro atoms. The highest BCUT2D eigenvalue weighted by atomic mass is 16.5. The molecule has 1 unspecified atom stereocenters. The van der Waals surface area contributed by atoms with Gasteiger partial charge in [0, 0.05) is 5.69 Å². The van der Waals surface area contributed by atoms with Gasteiger partial charge in [0.25, 0.3) is 0 Å². The van der Waals surface area contributed by atoms with Crippen molar-refractivity contribution in [3.63, 3.8) is 0 Å². The number of hydrogen-bond acceptors (Lipinski definition) is 3. The number of carbonyl (C=O) groups excluding carboxylic acids is 1. The Labute approximate surface area is 125 Å². The van der Waals surface area contributed by atoms with Crippen molar-refractivity contribution < 1.29 is 9.53 Å². The number of aromatic nitrogens is 2. The Bertz CT molecular complexity index is 614. The predicted octanol–water partition coefficient (Wildman–Crippen LogP) is 3.23. The van der Waals surface area contributed by atoms with Crippen LogP contribution in [0.4, 0.5) is 0 Å². The van der Waals surface area contributed by atoms with E-state index in [4.69, 9.17) is 4.74 Å². The van der Waals surface area contributed by atoms with Crippen molar-refractivity contribution >= 4 is 5.97 Å². The number of hydrogen-bond donors (Lipinski definition) is 0. The monoisotopic (exact) mass is 286 g/mol. The number of nitrogens with zero attached hydrogens (tertiary/aromatic N) is 2. The fourth-order valence-electron chi connectivity index (χ4n) is 2.29. The quantitative estimate of drug-likeness (QED) is 0.793. The summed E-state index contributed by atoms with van der Waals surface area (Å²) in [5.74, 6) is -0.306. The maximum absolute atomic E-state index is 11.7. The first-order chi connectivity index (χ1) is 10.0. The second-order valence-corrected chi connectivity index (χ2v) is 5.36. The summed E-state index contributed by atoms with van der Waals surface area (Å²) >= 11 is 0. The highest BCUT2D eigenvalue weighted by Gasteiger charge is 2.18. The van der Waals surface area contributed by atoms with Crippen molar-refractivity contribution in [2.75, 3.05) is 6.61 Å². The van der Waals surface area contributed by atoms with Gasteiger partial charge in [-0.3, -0.25) is 4.79 Å². The smallest absolute Gasteiger partial charge is 0.308 e. The van der Waals surface area contributed by atoms with Gasteiger partial charge in [0.1, 0.15) is 0 Å². The van der Waals surface area contributed by atoms with Crippen LogP contribution < -0.4 is 0 Å². The van der Waals surface area contributed by atoms with Crippen molar-refractivity contribution in [2.45, 2.75) is 34.1 Å². The lowest BCUT2D eigenvalue weighted by Gasteiger charge is -2.10. The minimum Gasteiger partial charge on any atom is -0.466 e. The summed E-state index contributed by atoms with van der Waals surface area (Å²) in [6, 6.07) is 8.23. The third kappa shape index (κ3) is 3.51. The third-order valence-electron chi connectivity index (χ3n) is 3.61. The SMILES string of the molecule is CCOC(=O)C(C)Cc1cnn(-c2ccc(C)cc2)c1C. The maximum Gasteiger partial charge on any atom is 0.308 e. The first-order valence-electron chi connectivity index (χ1n) is 7.30. The lowest BCUT2D eigenvalue weighted by atomic mass is 10.0. The molecule has 0 amide bonds. The minimum atomic E-state index is -0.153. The van der Waals surface area contributed by atoms with Crippen LogP contribution in [0, 0.1) is 19.8 Å². The van der Waals surface area contributed by atoms with Gasteiger partial charge in [-0.1, -0.05) is 24.6 Å². The van der Waals surface area contributed by atoms with E-state index in [0.29, 0.717) is 13.0 Å². The summed E-state index contributed by atoms with van der Waals surface area (Å²) < 4.78 is 6.96. The van der Waals surface area contributed by atoms with Crippen molar-refractivity contribution in [3.8, 4) is 5.69 Å². The van der Waals surface area contributed by atoms with Crippen LogP contribution in [0.1, 0.15) is 30.7 Å². The van der Waals surface area contributed by atoms with Crippen molar-refractivity contribution in [2.24, 2.45) is 5.92 Å². The molecule has 4 nitrogen and oxygen atoms in total. The molecule has 0 aliphatic rings. The molecule has 2 rings (SSSR count). The molecule has 0 bridgehead atoms. The van der Waals surface area contributed by atoms with Gasteiger partial charge in [0.05, 0.1) is 24.4 Å². The van der Waals surface area contributed by atoms with Crippen LogP contribution in [0.3, 0.4) is 0 Å². The Kier molecular flexibility index (Phi) is 4.78. The highest BCUT2D eigenvalue weighted by Crippen LogP contribution is 2.18. The Morgan fingerprint density at radius 1 is 1.29 bits per heavy atom. The number of esters is 1. The summed E-state index contributed by atoms with van der Waals surface area (Å²) in [7, 11) is 0. The molecule has 0 saturated carbocycles. The first kappa shape index (κ1) is 15.3. The lowest BCUT2D eigenvalue weighted by Crippen LogP contribution is -2.17. The number of rotatable bonds is 5. The third-order valence-corrected chi connectivity index (χ3v) is 3.61. The van der Waals surface area contributed by atoms with Gasteiger partial charge < -0.3 is 4.74 Å². The van der Waals surface area contributed by atoms with Crippen LogP contribution in [0.15, 0.2) is 30.5 Å². The average Bonchev–Trinajstić information content (AvgIpc) is 2.81. The standard InChI is InChI=1S/C17H22N2O2/c1-5-21-17(20)13(3)10-15-11-18-19(14(15)4)16-8-6-12(2)7-9-16/h6-9,11,13H,5,10H2,1-4H3. The molecular formula is C17H22N2O2. The number of aryl methyl sites for hydroxylation is 1. The van der Waals surface area contributed by atoms with E-state index in [1.807, 2.05) is 43.8 Å². The van der Waals surface area contributed by atoms with E-state index in [0.717, 1.165) is 16.9 Å². The van der Waals surface area contributed by atoms with Crippen LogP contribution in [0.5, 0.6) is 0 Å². The number of benzene rings is 1. The summed E-state index contributed by atoms with van der Waals surface area (Å²) in [5, 5.41) is 4.44. The fraction of sp³-hybridized carbons (Fsp3) is 0.412. The summed E-state index contributed by atoms with van der Waals surface area (Å²) in [6.45, 7) is 8.23. The average molecular weight is 286 g/mol. The molecular weight excluding hydrogens is 264 g/mol. The van der Waals surface area contributed by atoms with Crippen molar-refractivity contribution in [3.05, 3.63) is 47.3 Å². The number of carbonyl (C=O) groups is 1. The van der Waals surface area contributed by atoms with E-state index in [9.17, 15) is 4.79 Å². The highest BCUT2D eigenvalue weighted by molar-refractivity contribution is 5.72. The number of ether oxygens (including phenoxy) is 1. The molecule has 1 aromatic carbocycles. The molecule has 0 aliphatic heterocycles. The Hall–Kier alpha value is -2.10. The normalized spacial score (nSPS) is 12.2. The minimum absolute atomic E-state index is 0.153. The zero-order valence-electron chi connectivity index (χ0n) is 13.1. The van der Waals surface area contributed by atoms with Crippen LogP contribution in [-0.2, 0) is 16.0 Å². The van der Waals surface area contributed by atoms with Crippen LogP contribution >= 0.6 is 0 Å². The molecule has 1 atom stereocenters. The molecule has 4 heteroatoms. The molecule has 0 aliphatic carbocycles. The Balaban J connectivity index is 2.17. The van der Waals surface area contributed by atoms with E-state index in [1.54, 1.807) is 0 Å². The molecule has 0 radical (unpaired) electrons. The van der Waals surface area contributed by atoms with E-state index in [1.165, 1.54) is 5.56 Å². The largest absolute Gasteiger partial charge is 0.466 e. The zero-order chi connectivity index (χ0) is 15.4. The second-order valence-electron chi connectivity index (χ2n) is 5.36. The molecule has 0 saturated heterocycles. The van der Waals surface area contributed by atoms with Gasteiger partial charge >= 0.3 is 5.97 Å². The van der Waals surface area contributed by atoms with Gasteiger partial charge in [0.15, 0.2) is 0 Å². The summed E-state index contributed by atoms with van der Waals surface area (Å²) in [6.07, 6.45) is 2.49. The molecule has 1 aromatic heterocycles. The van der Waals surface area contributed by atoms with Gasteiger partial charge in [-0.05, 0) is 44.9 Å². The van der Waals surface area contributed by atoms with Gasteiger partial charge in [-0.2, -0.15) is 5.10 Å².